The molecule has 8 nitrogen and oxygen atoms in total. The van der Waals surface area contributed by atoms with E-state index in [1.165, 1.54) is 18.9 Å². The number of amides is 1. The van der Waals surface area contributed by atoms with Crippen LogP contribution in [0.3, 0.4) is 0 Å². The van der Waals surface area contributed by atoms with E-state index in [1.807, 2.05) is 43.2 Å². The van der Waals surface area contributed by atoms with Gasteiger partial charge in [-0.2, -0.15) is 0 Å². The number of aliphatic imine (C=N–C) groups is 1. The number of benzene rings is 1. The molecule has 1 saturated heterocycles. The van der Waals surface area contributed by atoms with Crippen molar-refractivity contribution in [1.29, 1.82) is 0 Å². The molecule has 0 aromatic heterocycles. The second-order valence-electron chi connectivity index (χ2n) is 9.57. The Labute approximate surface area is 222 Å². The zero-order valence-corrected chi connectivity index (χ0v) is 23.0. The third-order valence-electron chi connectivity index (χ3n) is 7.08. The van der Waals surface area contributed by atoms with Gasteiger partial charge in [0.05, 0.1) is 43.4 Å². The van der Waals surface area contributed by atoms with Gasteiger partial charge in [0.2, 0.25) is 5.91 Å². The highest BCUT2D eigenvalue weighted by Crippen LogP contribution is 2.46. The Kier molecular flexibility index (Phi) is 8.42. The second-order valence-corrected chi connectivity index (χ2v) is 10.4. The van der Waals surface area contributed by atoms with Crippen molar-refractivity contribution in [3.63, 3.8) is 0 Å². The maximum atomic E-state index is 13.5. The fourth-order valence-corrected chi connectivity index (χ4v) is 6.20. The molecule has 0 radical (unpaired) electrons. The minimum absolute atomic E-state index is 0.0497. The predicted octanol–water partition coefficient (Wildman–Crippen LogP) is 4.63. The number of allylic oxidation sites excluding steroid dienone is 1. The van der Waals surface area contributed by atoms with Gasteiger partial charge in [-0.15, -0.1) is 0 Å². The number of aryl methyl sites for hydroxylation is 2. The Hall–Kier alpha value is -3.07. The smallest absolute Gasteiger partial charge is 0.338 e. The summed E-state index contributed by atoms with van der Waals surface area (Å²) in [6, 6.07) is 5.74. The molecule has 3 aliphatic heterocycles. The summed E-state index contributed by atoms with van der Waals surface area (Å²) >= 11 is 1.47. The molecule has 0 spiro atoms. The summed E-state index contributed by atoms with van der Waals surface area (Å²) in [6.07, 6.45) is 2.23. The predicted molar refractivity (Wildman–Crippen MR) is 143 cm³/mol. The van der Waals surface area contributed by atoms with Crippen molar-refractivity contribution in [1.82, 2.24) is 9.80 Å². The molecule has 2 atom stereocenters. The lowest BCUT2D eigenvalue weighted by atomic mass is 9.89. The number of rotatable bonds is 7. The lowest BCUT2D eigenvalue weighted by Gasteiger charge is -2.38. The van der Waals surface area contributed by atoms with E-state index in [2.05, 4.69) is 6.07 Å². The number of esters is 2. The van der Waals surface area contributed by atoms with Crippen molar-refractivity contribution < 1.29 is 23.9 Å². The Morgan fingerprint density at radius 1 is 1.19 bits per heavy atom. The van der Waals surface area contributed by atoms with Crippen LogP contribution in [0.2, 0.25) is 0 Å². The molecule has 1 fully saturated rings. The summed E-state index contributed by atoms with van der Waals surface area (Å²) in [5.41, 5.74) is 5.15. The molecule has 0 N–H and O–H groups in total. The van der Waals surface area contributed by atoms with Crippen molar-refractivity contribution in [2.24, 2.45) is 10.9 Å². The highest BCUT2D eigenvalue weighted by Gasteiger charge is 2.42. The minimum Gasteiger partial charge on any atom is -0.466 e. The lowest BCUT2D eigenvalue weighted by Crippen LogP contribution is -2.44. The summed E-state index contributed by atoms with van der Waals surface area (Å²) in [6.45, 7) is 9.16. The molecule has 3 heterocycles. The summed E-state index contributed by atoms with van der Waals surface area (Å²) in [5.74, 6) is -0.997. The topological polar surface area (TPSA) is 88.5 Å². The van der Waals surface area contributed by atoms with Crippen molar-refractivity contribution in [2.45, 2.75) is 59.4 Å². The Morgan fingerprint density at radius 2 is 1.97 bits per heavy atom. The first-order valence-corrected chi connectivity index (χ1v) is 13.7. The van der Waals surface area contributed by atoms with Crippen molar-refractivity contribution in [3.8, 4) is 0 Å². The number of likely N-dealkylation sites (tertiary alicyclic amines) is 1. The zero-order chi connectivity index (χ0) is 26.7. The van der Waals surface area contributed by atoms with Crippen LogP contribution in [-0.4, -0.2) is 59.6 Å². The highest BCUT2D eigenvalue weighted by molar-refractivity contribution is 8.16. The molecule has 0 unspecified atom stereocenters. The van der Waals surface area contributed by atoms with E-state index in [0.717, 1.165) is 40.4 Å². The first-order valence-electron chi connectivity index (χ1n) is 12.9. The fourth-order valence-electron chi connectivity index (χ4n) is 5.26. The van der Waals surface area contributed by atoms with E-state index in [9.17, 15) is 14.4 Å². The number of thioether (sulfide) groups is 1. The third-order valence-corrected chi connectivity index (χ3v) is 7.96. The SMILES string of the molecule is CCOC(=O)[C@@H]1CCCN(C(=O)CC2=CSC3=NC(CC)=C(C(=O)OC)[C@@H](c4ccc(C)cc4C)N23)C1. The van der Waals surface area contributed by atoms with Crippen LogP contribution in [0.1, 0.15) is 62.3 Å². The molecule has 9 heteroatoms. The Morgan fingerprint density at radius 3 is 2.65 bits per heavy atom. The van der Waals surface area contributed by atoms with E-state index in [1.54, 1.807) is 11.8 Å². The average Bonchev–Trinajstić information content (AvgIpc) is 3.29. The maximum absolute atomic E-state index is 13.5. The number of amidine groups is 1. The van der Waals surface area contributed by atoms with Gasteiger partial charge < -0.3 is 19.3 Å². The zero-order valence-electron chi connectivity index (χ0n) is 22.2. The van der Waals surface area contributed by atoms with Crippen molar-refractivity contribution >= 4 is 34.8 Å². The molecular weight excluding hydrogens is 490 g/mol. The molecule has 4 rings (SSSR count). The first kappa shape index (κ1) is 27.0. The van der Waals surface area contributed by atoms with Gasteiger partial charge in [0, 0.05) is 18.8 Å². The second kappa shape index (κ2) is 11.5. The number of carbonyl (C=O) groups is 3. The van der Waals surface area contributed by atoms with Crippen LogP contribution in [0, 0.1) is 19.8 Å². The number of hydrogen-bond acceptors (Lipinski definition) is 8. The molecule has 1 amide bonds. The van der Waals surface area contributed by atoms with E-state index in [4.69, 9.17) is 14.5 Å². The number of methoxy groups -OCH3 is 1. The van der Waals surface area contributed by atoms with Crippen LogP contribution in [0.25, 0.3) is 0 Å². The first-order chi connectivity index (χ1) is 17.8. The number of nitrogens with zero attached hydrogens (tertiary/aromatic N) is 3. The number of carbonyl (C=O) groups excluding carboxylic acids is 3. The molecule has 0 bridgehead atoms. The van der Waals surface area contributed by atoms with Gasteiger partial charge in [-0.1, -0.05) is 42.4 Å². The van der Waals surface area contributed by atoms with Gasteiger partial charge in [0.1, 0.15) is 0 Å². The highest BCUT2D eigenvalue weighted by atomic mass is 32.2. The summed E-state index contributed by atoms with van der Waals surface area (Å²) in [7, 11) is 1.39. The fraction of sp³-hybridized carbons (Fsp3) is 0.500. The number of fused-ring (bicyclic) bond motifs is 1. The van der Waals surface area contributed by atoms with Crippen molar-refractivity contribution in [3.05, 3.63) is 57.3 Å². The van der Waals surface area contributed by atoms with Crippen LogP contribution in [0.5, 0.6) is 0 Å². The van der Waals surface area contributed by atoms with Gasteiger partial charge in [0.15, 0.2) is 5.17 Å². The molecule has 1 aromatic rings. The Bertz CT molecular complexity index is 1190. The number of ether oxygens (including phenoxy) is 2. The minimum atomic E-state index is -0.446. The lowest BCUT2D eigenvalue weighted by molar-refractivity contribution is -0.151. The van der Waals surface area contributed by atoms with Gasteiger partial charge in [-0.05, 0) is 56.6 Å². The molecule has 0 saturated carbocycles. The van der Waals surface area contributed by atoms with Crippen LogP contribution >= 0.6 is 11.8 Å². The van der Waals surface area contributed by atoms with E-state index >= 15 is 0 Å². The maximum Gasteiger partial charge on any atom is 0.338 e. The Balaban J connectivity index is 1.65. The molecular formula is C28H35N3O5S. The summed E-state index contributed by atoms with van der Waals surface area (Å²) in [5, 5.41) is 2.70. The van der Waals surface area contributed by atoms with Crippen molar-refractivity contribution in [2.75, 3.05) is 26.8 Å². The molecule has 3 aliphatic rings. The number of piperidine rings is 1. The van der Waals surface area contributed by atoms with Gasteiger partial charge in [-0.25, -0.2) is 9.79 Å². The van der Waals surface area contributed by atoms with Gasteiger partial charge >= 0.3 is 11.9 Å². The quantitative estimate of drug-likeness (QED) is 0.480. The largest absolute Gasteiger partial charge is 0.466 e. The summed E-state index contributed by atoms with van der Waals surface area (Å²) < 4.78 is 10.4. The molecule has 198 valence electrons. The molecule has 37 heavy (non-hydrogen) atoms. The van der Waals surface area contributed by atoms with E-state index in [-0.39, 0.29) is 24.2 Å². The van der Waals surface area contributed by atoms with Crippen LogP contribution in [-0.2, 0) is 23.9 Å². The van der Waals surface area contributed by atoms with Crippen LogP contribution < -0.4 is 0 Å². The average molecular weight is 526 g/mol. The molecule has 1 aromatic carbocycles. The molecule has 0 aliphatic carbocycles. The normalized spacial score (nSPS) is 21.3. The third kappa shape index (κ3) is 5.46. The van der Waals surface area contributed by atoms with Crippen LogP contribution in [0.15, 0.2) is 45.6 Å². The standard InChI is InChI=1S/C28H35N3O5S/c1-6-22-24(27(34)35-5)25(21-11-10-17(3)13-18(21)4)31-20(16-37-28(31)29-22)14-23(32)30-12-8-9-19(15-30)26(33)36-7-2/h10-11,13,16,19,25H,6-9,12,14-15H2,1-5H3/t19-,25-/m1/s1. The van der Waals surface area contributed by atoms with E-state index < -0.39 is 12.0 Å². The van der Waals surface area contributed by atoms with Gasteiger partial charge in [0.25, 0.3) is 0 Å². The van der Waals surface area contributed by atoms with Crippen LogP contribution in [0.4, 0.5) is 0 Å². The number of hydrogen-bond donors (Lipinski definition) is 0. The summed E-state index contributed by atoms with van der Waals surface area (Å²) in [4.78, 5) is 47.4. The van der Waals surface area contributed by atoms with E-state index in [0.29, 0.717) is 37.4 Å². The monoisotopic (exact) mass is 525 g/mol. The van der Waals surface area contributed by atoms with Gasteiger partial charge in [-0.3, -0.25) is 9.59 Å².